The van der Waals surface area contributed by atoms with E-state index in [4.69, 9.17) is 13.8 Å². The Kier molecular flexibility index (Phi) is 5.82. The van der Waals surface area contributed by atoms with Crippen LogP contribution in [0.3, 0.4) is 0 Å². The van der Waals surface area contributed by atoms with Crippen LogP contribution < -0.4 is 4.74 Å². The Labute approximate surface area is 107 Å². The van der Waals surface area contributed by atoms with E-state index in [-0.39, 0.29) is 13.2 Å². The predicted octanol–water partition coefficient (Wildman–Crippen LogP) is 2.95. The molecule has 0 saturated carbocycles. The van der Waals surface area contributed by atoms with Crippen molar-refractivity contribution in [1.82, 2.24) is 0 Å². The van der Waals surface area contributed by atoms with Crippen molar-refractivity contribution >= 4 is 7.60 Å². The van der Waals surface area contributed by atoms with E-state index >= 15 is 0 Å². The van der Waals surface area contributed by atoms with Crippen LogP contribution in [0.4, 0.5) is 0 Å². The predicted molar refractivity (Wildman–Crippen MR) is 68.8 cm³/mol. The summed E-state index contributed by atoms with van der Waals surface area (Å²) in [4.78, 5) is 0. The highest BCUT2D eigenvalue weighted by atomic mass is 31.2. The Balaban J connectivity index is 3.01. The largest absolute Gasteiger partial charge is 0.497 e. The quantitative estimate of drug-likeness (QED) is 0.774. The molecule has 0 aliphatic heterocycles. The van der Waals surface area contributed by atoms with E-state index in [1.54, 1.807) is 38.1 Å². The van der Waals surface area contributed by atoms with Gasteiger partial charge in [0.15, 0.2) is 5.85 Å². The van der Waals surface area contributed by atoms with E-state index in [1.807, 2.05) is 0 Å². The van der Waals surface area contributed by atoms with Gasteiger partial charge in [0.2, 0.25) is 0 Å². The molecular formula is C12H19O5P. The Morgan fingerprint density at radius 1 is 1.28 bits per heavy atom. The summed E-state index contributed by atoms with van der Waals surface area (Å²) in [6.45, 7) is 3.81. The van der Waals surface area contributed by atoms with Crippen molar-refractivity contribution < 1.29 is 23.5 Å². The van der Waals surface area contributed by atoms with Gasteiger partial charge in [0.25, 0.3) is 0 Å². The first-order chi connectivity index (χ1) is 8.57. The molecule has 0 aromatic heterocycles. The second-order valence-corrected chi connectivity index (χ2v) is 5.61. The first-order valence-corrected chi connectivity index (χ1v) is 7.39. The van der Waals surface area contributed by atoms with Gasteiger partial charge in [0, 0.05) is 0 Å². The average Bonchev–Trinajstić information content (AvgIpc) is 2.38. The van der Waals surface area contributed by atoms with Crippen molar-refractivity contribution in [1.29, 1.82) is 0 Å². The summed E-state index contributed by atoms with van der Waals surface area (Å²) in [7, 11) is -2.04. The van der Waals surface area contributed by atoms with Gasteiger partial charge in [-0.05, 0) is 31.5 Å². The first kappa shape index (κ1) is 15.2. The number of aliphatic hydroxyl groups excluding tert-OH is 1. The summed E-state index contributed by atoms with van der Waals surface area (Å²) < 4.78 is 27.6. The highest BCUT2D eigenvalue weighted by molar-refractivity contribution is 7.54. The second-order valence-electron chi connectivity index (χ2n) is 3.53. The van der Waals surface area contributed by atoms with Crippen molar-refractivity contribution in [2.45, 2.75) is 19.7 Å². The Morgan fingerprint density at radius 2 is 1.89 bits per heavy atom. The van der Waals surface area contributed by atoms with Gasteiger partial charge in [0.05, 0.1) is 20.3 Å². The van der Waals surface area contributed by atoms with Gasteiger partial charge >= 0.3 is 7.60 Å². The number of aliphatic hydroxyl groups is 1. The Bertz CT molecular complexity index is 411. The van der Waals surface area contributed by atoms with E-state index < -0.39 is 13.4 Å². The maximum absolute atomic E-state index is 12.4. The lowest BCUT2D eigenvalue weighted by Gasteiger charge is -2.22. The van der Waals surface area contributed by atoms with Crippen LogP contribution in [0.1, 0.15) is 25.3 Å². The summed E-state index contributed by atoms with van der Waals surface area (Å²) >= 11 is 0. The van der Waals surface area contributed by atoms with Crippen molar-refractivity contribution in [2.75, 3.05) is 20.3 Å². The summed E-state index contributed by atoms with van der Waals surface area (Å²) in [5, 5.41) is 10.2. The van der Waals surface area contributed by atoms with Crippen LogP contribution in [0.15, 0.2) is 24.3 Å². The van der Waals surface area contributed by atoms with E-state index in [2.05, 4.69) is 0 Å². The lowest BCUT2D eigenvalue weighted by molar-refractivity contribution is 0.150. The van der Waals surface area contributed by atoms with Gasteiger partial charge in [-0.15, -0.1) is 0 Å². The van der Waals surface area contributed by atoms with Crippen molar-refractivity contribution in [2.24, 2.45) is 0 Å². The zero-order valence-electron chi connectivity index (χ0n) is 10.8. The van der Waals surface area contributed by atoms with Gasteiger partial charge in [-0.1, -0.05) is 12.1 Å². The van der Waals surface area contributed by atoms with Crippen molar-refractivity contribution in [3.63, 3.8) is 0 Å². The molecule has 0 bridgehead atoms. The number of methoxy groups -OCH3 is 1. The maximum Gasteiger partial charge on any atom is 0.363 e. The van der Waals surface area contributed by atoms with Crippen LogP contribution in [0.25, 0.3) is 0 Å². The average molecular weight is 274 g/mol. The topological polar surface area (TPSA) is 65.0 Å². The summed E-state index contributed by atoms with van der Waals surface area (Å²) in [6, 6.07) is 6.70. The molecule has 1 unspecified atom stereocenters. The molecule has 5 nitrogen and oxygen atoms in total. The van der Waals surface area contributed by atoms with Crippen LogP contribution in [-0.4, -0.2) is 25.4 Å². The first-order valence-electron chi connectivity index (χ1n) is 5.78. The van der Waals surface area contributed by atoms with E-state index in [0.717, 1.165) is 0 Å². The minimum Gasteiger partial charge on any atom is -0.497 e. The highest BCUT2D eigenvalue weighted by Gasteiger charge is 2.35. The molecule has 1 atom stereocenters. The third-order valence-corrected chi connectivity index (χ3v) is 4.44. The standard InChI is InChI=1S/C12H19O5P/c1-4-16-18(14,17-5-2)12(13)10-7-6-8-11(9-10)15-3/h6-9,12-13H,4-5H2,1-3H3. The van der Waals surface area contributed by atoms with Crippen LogP contribution >= 0.6 is 7.60 Å². The molecule has 1 aromatic rings. The monoisotopic (exact) mass is 274 g/mol. The Hall–Kier alpha value is -0.870. The van der Waals surface area contributed by atoms with Crippen LogP contribution in [0, 0.1) is 0 Å². The van der Waals surface area contributed by atoms with Gasteiger partial charge in [-0.25, -0.2) is 0 Å². The molecule has 0 aliphatic rings. The van der Waals surface area contributed by atoms with E-state index in [9.17, 15) is 9.67 Å². The van der Waals surface area contributed by atoms with Crippen molar-refractivity contribution in [3.05, 3.63) is 29.8 Å². The molecule has 1 aromatic carbocycles. The molecule has 6 heteroatoms. The Morgan fingerprint density at radius 3 is 2.39 bits per heavy atom. The smallest absolute Gasteiger partial charge is 0.363 e. The fourth-order valence-electron chi connectivity index (χ4n) is 1.52. The zero-order valence-corrected chi connectivity index (χ0v) is 11.7. The number of benzene rings is 1. The summed E-state index contributed by atoms with van der Waals surface area (Å²) in [5.74, 6) is -0.737. The normalized spacial score (nSPS) is 13.3. The third kappa shape index (κ3) is 3.56. The molecule has 0 fully saturated rings. The molecule has 0 aliphatic carbocycles. The van der Waals surface area contributed by atoms with Gasteiger partial charge < -0.3 is 18.9 Å². The number of hydrogen-bond donors (Lipinski definition) is 1. The van der Waals surface area contributed by atoms with Gasteiger partial charge in [0.1, 0.15) is 5.75 Å². The number of rotatable bonds is 7. The van der Waals surface area contributed by atoms with E-state index in [0.29, 0.717) is 11.3 Å². The highest BCUT2D eigenvalue weighted by Crippen LogP contribution is 2.59. The minimum atomic E-state index is -3.56. The van der Waals surface area contributed by atoms with Gasteiger partial charge in [-0.2, -0.15) is 0 Å². The number of ether oxygens (including phenoxy) is 1. The molecule has 1 rings (SSSR count). The SMILES string of the molecule is CCOP(=O)(OCC)C(O)c1cccc(OC)c1. The molecule has 102 valence electrons. The number of hydrogen-bond acceptors (Lipinski definition) is 5. The molecule has 0 heterocycles. The molecule has 18 heavy (non-hydrogen) atoms. The van der Waals surface area contributed by atoms with Crippen LogP contribution in [0.2, 0.25) is 0 Å². The zero-order chi connectivity index (χ0) is 13.6. The summed E-state index contributed by atoms with van der Waals surface area (Å²) in [5.41, 5.74) is 0.444. The minimum absolute atomic E-state index is 0.207. The molecule has 0 radical (unpaired) electrons. The second kappa shape index (κ2) is 6.90. The van der Waals surface area contributed by atoms with Crippen LogP contribution in [-0.2, 0) is 13.6 Å². The molecule has 1 N–H and O–H groups in total. The fraction of sp³-hybridized carbons (Fsp3) is 0.500. The summed E-state index contributed by atoms with van der Waals surface area (Å²) in [6.07, 6.45) is 0. The third-order valence-electron chi connectivity index (χ3n) is 2.31. The van der Waals surface area contributed by atoms with Gasteiger partial charge in [-0.3, -0.25) is 4.57 Å². The van der Waals surface area contributed by atoms with Crippen LogP contribution in [0.5, 0.6) is 5.75 Å². The lowest BCUT2D eigenvalue weighted by Crippen LogP contribution is -2.06. The molecular weight excluding hydrogens is 255 g/mol. The van der Waals surface area contributed by atoms with E-state index in [1.165, 1.54) is 7.11 Å². The molecule has 0 saturated heterocycles. The maximum atomic E-state index is 12.4. The fourth-order valence-corrected chi connectivity index (χ4v) is 3.13. The van der Waals surface area contributed by atoms with Crippen molar-refractivity contribution in [3.8, 4) is 5.75 Å². The molecule has 0 amide bonds. The molecule has 0 spiro atoms. The lowest BCUT2D eigenvalue weighted by atomic mass is 10.2.